The zero-order chi connectivity index (χ0) is 22.0. The van der Waals surface area contributed by atoms with Crippen LogP contribution < -0.4 is 0 Å². The SMILES string of the molecule is CCn1c(SCC(=O)N(C)C(C)c2nc3ccccc3s2)nnc1-c1cccc(Cl)c1. The lowest BCUT2D eigenvalue weighted by molar-refractivity contribution is -0.128. The van der Waals surface area contributed by atoms with Crippen LogP contribution in [-0.4, -0.2) is 43.4 Å². The van der Waals surface area contributed by atoms with Gasteiger partial charge in [-0.1, -0.05) is 47.6 Å². The van der Waals surface area contributed by atoms with Crippen molar-refractivity contribution >= 4 is 50.8 Å². The third-order valence-electron chi connectivity index (χ3n) is 5.08. The van der Waals surface area contributed by atoms with Crippen LogP contribution in [0.15, 0.2) is 53.7 Å². The Morgan fingerprint density at radius 3 is 2.77 bits per heavy atom. The van der Waals surface area contributed by atoms with Crippen LogP contribution in [0.2, 0.25) is 5.02 Å². The number of aromatic nitrogens is 4. The standard InChI is InChI=1S/C22H22ClN5OS2/c1-4-28-20(15-8-7-9-16(23)12-15)25-26-22(28)30-13-19(29)27(3)14(2)21-24-17-10-5-6-11-18(17)31-21/h5-12,14H,4,13H2,1-3H3. The fourth-order valence-electron chi connectivity index (χ4n) is 3.20. The summed E-state index contributed by atoms with van der Waals surface area (Å²) in [5.74, 6) is 1.04. The minimum atomic E-state index is -0.100. The van der Waals surface area contributed by atoms with Gasteiger partial charge in [-0.3, -0.25) is 4.79 Å². The van der Waals surface area contributed by atoms with Gasteiger partial charge in [0.1, 0.15) is 5.01 Å². The molecule has 0 fully saturated rings. The molecule has 0 aliphatic rings. The van der Waals surface area contributed by atoms with E-state index in [4.69, 9.17) is 11.6 Å². The molecular weight excluding hydrogens is 450 g/mol. The van der Waals surface area contributed by atoms with Crippen LogP contribution in [-0.2, 0) is 11.3 Å². The minimum Gasteiger partial charge on any atom is -0.336 e. The number of amides is 1. The Hall–Kier alpha value is -2.42. The first-order chi connectivity index (χ1) is 15.0. The van der Waals surface area contributed by atoms with Crippen molar-refractivity contribution in [1.29, 1.82) is 0 Å². The number of para-hydroxylation sites is 1. The monoisotopic (exact) mass is 471 g/mol. The topological polar surface area (TPSA) is 63.9 Å². The molecule has 0 aliphatic carbocycles. The Bertz CT molecular complexity index is 1190. The summed E-state index contributed by atoms with van der Waals surface area (Å²) in [5, 5.41) is 10.9. The van der Waals surface area contributed by atoms with Gasteiger partial charge in [0.05, 0.1) is 22.0 Å². The largest absolute Gasteiger partial charge is 0.336 e. The number of thioether (sulfide) groups is 1. The quantitative estimate of drug-likeness (QED) is 0.331. The van der Waals surface area contributed by atoms with Gasteiger partial charge in [-0.2, -0.15) is 0 Å². The molecule has 6 nitrogen and oxygen atoms in total. The molecule has 1 unspecified atom stereocenters. The number of hydrogen-bond acceptors (Lipinski definition) is 6. The summed E-state index contributed by atoms with van der Waals surface area (Å²) in [6, 6.07) is 15.5. The summed E-state index contributed by atoms with van der Waals surface area (Å²) in [5.41, 5.74) is 1.87. The number of fused-ring (bicyclic) bond motifs is 1. The molecule has 2 aromatic carbocycles. The molecule has 1 atom stereocenters. The fraction of sp³-hybridized carbons (Fsp3) is 0.273. The predicted octanol–water partition coefficient (Wildman–Crippen LogP) is 5.54. The van der Waals surface area contributed by atoms with E-state index in [1.807, 2.05) is 67.9 Å². The fourth-order valence-corrected chi connectivity index (χ4v) is 5.38. The van der Waals surface area contributed by atoms with Gasteiger partial charge >= 0.3 is 0 Å². The van der Waals surface area contributed by atoms with Gasteiger partial charge in [0, 0.05) is 24.2 Å². The Labute approximate surface area is 194 Å². The number of thiazole rings is 1. The molecule has 0 saturated heterocycles. The maximum atomic E-state index is 12.9. The normalized spacial score (nSPS) is 12.3. The zero-order valence-electron chi connectivity index (χ0n) is 17.4. The highest BCUT2D eigenvalue weighted by Gasteiger charge is 2.22. The molecule has 0 saturated carbocycles. The summed E-state index contributed by atoms with van der Waals surface area (Å²) in [4.78, 5) is 19.3. The Morgan fingerprint density at radius 2 is 2.03 bits per heavy atom. The second-order valence-corrected chi connectivity index (χ2v) is 9.49. The van der Waals surface area contributed by atoms with E-state index in [9.17, 15) is 4.79 Å². The smallest absolute Gasteiger partial charge is 0.233 e. The molecule has 0 N–H and O–H groups in total. The van der Waals surface area contributed by atoms with Crippen molar-refractivity contribution in [2.24, 2.45) is 0 Å². The minimum absolute atomic E-state index is 0.0201. The lowest BCUT2D eigenvalue weighted by Crippen LogP contribution is -2.31. The highest BCUT2D eigenvalue weighted by atomic mass is 35.5. The second kappa shape index (κ2) is 9.38. The summed E-state index contributed by atoms with van der Waals surface area (Å²) < 4.78 is 3.13. The molecule has 0 aliphatic heterocycles. The summed E-state index contributed by atoms with van der Waals surface area (Å²) in [7, 11) is 1.82. The first-order valence-corrected chi connectivity index (χ1v) is 12.1. The van der Waals surface area contributed by atoms with E-state index in [2.05, 4.69) is 21.2 Å². The molecule has 31 heavy (non-hydrogen) atoms. The number of hydrogen-bond donors (Lipinski definition) is 0. The van der Waals surface area contributed by atoms with Crippen molar-refractivity contribution < 1.29 is 4.79 Å². The van der Waals surface area contributed by atoms with E-state index in [0.717, 1.165) is 26.6 Å². The van der Waals surface area contributed by atoms with E-state index in [0.29, 0.717) is 16.7 Å². The summed E-state index contributed by atoms with van der Waals surface area (Å²) >= 11 is 9.14. The van der Waals surface area contributed by atoms with Crippen molar-refractivity contribution in [3.05, 3.63) is 58.6 Å². The maximum absolute atomic E-state index is 12.9. The molecular formula is C22H22ClN5OS2. The average Bonchev–Trinajstić information content (AvgIpc) is 3.40. The highest BCUT2D eigenvalue weighted by Crippen LogP contribution is 2.30. The number of nitrogens with zero attached hydrogens (tertiary/aromatic N) is 5. The third kappa shape index (κ3) is 4.61. The molecule has 1 amide bonds. The van der Waals surface area contributed by atoms with Gasteiger partial charge in [0.15, 0.2) is 11.0 Å². The van der Waals surface area contributed by atoms with Crippen LogP contribution in [0.5, 0.6) is 0 Å². The molecule has 4 aromatic rings. The van der Waals surface area contributed by atoms with Crippen LogP contribution in [0.4, 0.5) is 0 Å². The molecule has 160 valence electrons. The van der Waals surface area contributed by atoms with Crippen LogP contribution in [0.1, 0.15) is 24.9 Å². The third-order valence-corrected chi connectivity index (χ3v) is 7.48. The van der Waals surface area contributed by atoms with Gasteiger partial charge in [-0.15, -0.1) is 21.5 Å². The van der Waals surface area contributed by atoms with E-state index >= 15 is 0 Å². The molecule has 4 rings (SSSR count). The van der Waals surface area contributed by atoms with E-state index < -0.39 is 0 Å². The highest BCUT2D eigenvalue weighted by molar-refractivity contribution is 7.99. The first kappa shape index (κ1) is 21.8. The summed E-state index contributed by atoms with van der Waals surface area (Å²) in [6.45, 7) is 4.74. The molecule has 0 spiro atoms. The zero-order valence-corrected chi connectivity index (χ0v) is 19.8. The predicted molar refractivity (Wildman–Crippen MR) is 128 cm³/mol. The first-order valence-electron chi connectivity index (χ1n) is 9.91. The van der Waals surface area contributed by atoms with Gasteiger partial charge in [0.2, 0.25) is 5.91 Å². The molecule has 2 heterocycles. The van der Waals surface area contributed by atoms with Crippen LogP contribution in [0, 0.1) is 0 Å². The van der Waals surface area contributed by atoms with Crippen molar-refractivity contribution in [3.8, 4) is 11.4 Å². The number of benzene rings is 2. The molecule has 2 aromatic heterocycles. The van der Waals surface area contributed by atoms with Crippen LogP contribution in [0.3, 0.4) is 0 Å². The van der Waals surface area contributed by atoms with Gasteiger partial charge < -0.3 is 9.47 Å². The van der Waals surface area contributed by atoms with E-state index in [1.54, 1.807) is 16.2 Å². The average molecular weight is 472 g/mol. The Kier molecular flexibility index (Phi) is 6.60. The van der Waals surface area contributed by atoms with Crippen LogP contribution in [0.25, 0.3) is 21.6 Å². The maximum Gasteiger partial charge on any atom is 0.233 e. The van der Waals surface area contributed by atoms with Crippen LogP contribution >= 0.6 is 34.7 Å². The van der Waals surface area contributed by atoms with Crippen molar-refractivity contribution in [1.82, 2.24) is 24.6 Å². The molecule has 0 radical (unpaired) electrons. The van der Waals surface area contributed by atoms with Gasteiger partial charge in [-0.25, -0.2) is 4.98 Å². The van der Waals surface area contributed by atoms with Gasteiger partial charge in [0.25, 0.3) is 0 Å². The molecule has 0 bridgehead atoms. The summed E-state index contributed by atoms with van der Waals surface area (Å²) in [6.07, 6.45) is 0. The van der Waals surface area contributed by atoms with Crippen molar-refractivity contribution in [2.75, 3.05) is 12.8 Å². The second-order valence-electron chi connectivity index (χ2n) is 7.05. The van der Waals surface area contributed by atoms with E-state index in [1.165, 1.54) is 11.8 Å². The lowest BCUT2D eigenvalue weighted by Gasteiger charge is -2.23. The number of carbonyl (C=O) groups is 1. The van der Waals surface area contributed by atoms with Crippen molar-refractivity contribution in [2.45, 2.75) is 31.6 Å². The lowest BCUT2D eigenvalue weighted by atomic mass is 10.2. The number of carbonyl (C=O) groups excluding carboxylic acids is 1. The molecule has 9 heteroatoms. The van der Waals surface area contributed by atoms with Gasteiger partial charge in [-0.05, 0) is 38.1 Å². The number of rotatable bonds is 7. The van der Waals surface area contributed by atoms with E-state index in [-0.39, 0.29) is 17.7 Å². The Morgan fingerprint density at radius 1 is 1.23 bits per heavy atom. The van der Waals surface area contributed by atoms with Crippen molar-refractivity contribution in [3.63, 3.8) is 0 Å². The Balaban J connectivity index is 1.45. The number of halogens is 1.